The van der Waals surface area contributed by atoms with Crippen LogP contribution in [-0.2, 0) is 9.59 Å². The number of rotatable bonds is 9. The molecule has 1 aromatic carbocycles. The van der Waals surface area contributed by atoms with Gasteiger partial charge in [0.2, 0.25) is 0 Å². The molecule has 1 aromatic heterocycles. The van der Waals surface area contributed by atoms with E-state index in [4.69, 9.17) is 9.15 Å². The lowest BCUT2D eigenvalue weighted by Gasteiger charge is -2.28. The molecule has 2 aromatic rings. The molecule has 1 amide bonds. The first-order chi connectivity index (χ1) is 15.9. The van der Waals surface area contributed by atoms with E-state index in [9.17, 15) is 14.7 Å². The van der Waals surface area contributed by atoms with Crippen molar-refractivity contribution in [1.82, 2.24) is 9.80 Å². The Labute approximate surface area is 193 Å². The maximum absolute atomic E-state index is 13.1. The minimum absolute atomic E-state index is 0.0358. The average molecular weight is 451 g/mol. The minimum Gasteiger partial charge on any atom is -0.503 e. The molecule has 174 valence electrons. The second-order valence-corrected chi connectivity index (χ2v) is 8.66. The zero-order chi connectivity index (χ0) is 23.4. The molecular weight excluding hydrogens is 420 g/mol. The summed E-state index contributed by atoms with van der Waals surface area (Å²) in [5.74, 6) is -0.200. The fraction of sp³-hybridized carbons (Fsp3) is 0.385. The third-order valence-electron chi connectivity index (χ3n) is 5.93. The molecule has 2 aliphatic heterocycles. The molecule has 0 aliphatic carbocycles. The highest BCUT2D eigenvalue weighted by atomic mass is 16.5. The molecule has 1 atom stereocenters. The van der Waals surface area contributed by atoms with Gasteiger partial charge in [0.15, 0.2) is 11.5 Å². The van der Waals surface area contributed by atoms with E-state index in [0.29, 0.717) is 24.6 Å². The largest absolute Gasteiger partial charge is 0.503 e. The van der Waals surface area contributed by atoms with Crippen molar-refractivity contribution in [3.05, 3.63) is 71.4 Å². The number of benzene rings is 1. The molecule has 1 fully saturated rings. The number of furan rings is 1. The Morgan fingerprint density at radius 1 is 1.18 bits per heavy atom. The number of hydrogen-bond donors (Lipinski definition) is 1. The molecule has 1 saturated heterocycles. The quantitative estimate of drug-likeness (QED) is 0.578. The number of carbonyl (C=O) groups excluding carboxylic acids is 2. The number of hydrogen-bond acceptors (Lipinski definition) is 6. The molecule has 0 bridgehead atoms. The van der Waals surface area contributed by atoms with E-state index >= 15 is 0 Å². The molecule has 4 rings (SSSR count). The topological polar surface area (TPSA) is 83.2 Å². The number of aliphatic hydroxyl groups excluding tert-OH is 1. The van der Waals surface area contributed by atoms with E-state index < -0.39 is 23.5 Å². The maximum Gasteiger partial charge on any atom is 0.290 e. The summed E-state index contributed by atoms with van der Waals surface area (Å²) < 4.78 is 11.0. The van der Waals surface area contributed by atoms with Crippen molar-refractivity contribution >= 4 is 17.8 Å². The Morgan fingerprint density at radius 3 is 2.55 bits per heavy atom. The van der Waals surface area contributed by atoms with Crippen LogP contribution >= 0.6 is 0 Å². The SMILES string of the molecule is CC(C)Oc1ccc(C2C(C(=O)/C=C/c3ccco3)=C(O)C(=O)N2CCN2CCCC2)cc1. The average Bonchev–Trinajstić information content (AvgIpc) is 3.54. The summed E-state index contributed by atoms with van der Waals surface area (Å²) in [7, 11) is 0. The third-order valence-corrected chi connectivity index (χ3v) is 5.93. The van der Waals surface area contributed by atoms with Crippen LogP contribution < -0.4 is 4.74 Å². The van der Waals surface area contributed by atoms with Crippen molar-refractivity contribution in [3.63, 3.8) is 0 Å². The van der Waals surface area contributed by atoms with Crippen molar-refractivity contribution < 1.29 is 23.8 Å². The number of likely N-dealkylation sites (tertiary alicyclic amines) is 1. The first-order valence-electron chi connectivity index (χ1n) is 11.4. The molecule has 2 aliphatic rings. The number of allylic oxidation sites excluding steroid dienone is 1. The Morgan fingerprint density at radius 2 is 1.91 bits per heavy atom. The lowest BCUT2D eigenvalue weighted by Crippen LogP contribution is -2.37. The number of nitrogens with zero attached hydrogens (tertiary/aromatic N) is 2. The Kier molecular flexibility index (Phi) is 6.99. The van der Waals surface area contributed by atoms with Gasteiger partial charge in [-0.1, -0.05) is 12.1 Å². The lowest BCUT2D eigenvalue weighted by atomic mass is 9.95. The summed E-state index contributed by atoms with van der Waals surface area (Å²) >= 11 is 0. The molecule has 1 unspecified atom stereocenters. The second-order valence-electron chi connectivity index (χ2n) is 8.66. The van der Waals surface area contributed by atoms with Crippen molar-refractivity contribution in [2.75, 3.05) is 26.2 Å². The van der Waals surface area contributed by atoms with Crippen LogP contribution in [0, 0.1) is 0 Å². The second kappa shape index (κ2) is 10.1. The van der Waals surface area contributed by atoms with E-state index in [2.05, 4.69) is 4.90 Å². The van der Waals surface area contributed by atoms with Gasteiger partial charge in [-0.2, -0.15) is 0 Å². The van der Waals surface area contributed by atoms with Gasteiger partial charge in [-0.15, -0.1) is 0 Å². The van der Waals surface area contributed by atoms with Crippen LogP contribution in [0.4, 0.5) is 0 Å². The van der Waals surface area contributed by atoms with Crippen molar-refractivity contribution in [1.29, 1.82) is 0 Å². The number of ketones is 1. The number of carbonyl (C=O) groups is 2. The van der Waals surface area contributed by atoms with E-state index in [1.54, 1.807) is 17.0 Å². The first-order valence-corrected chi connectivity index (χ1v) is 11.4. The normalized spacial score (nSPS) is 19.4. The standard InChI is InChI=1S/C26H30N2O5/c1-18(2)33-21-9-7-19(8-10-21)24-23(22(29)12-11-20-6-5-17-32-20)25(30)26(31)28(24)16-15-27-13-3-4-14-27/h5-12,17-18,24,30H,3-4,13-16H2,1-2H3/b12-11+. The first kappa shape index (κ1) is 22.9. The highest BCUT2D eigenvalue weighted by molar-refractivity contribution is 6.14. The van der Waals surface area contributed by atoms with E-state index in [0.717, 1.165) is 31.5 Å². The summed E-state index contributed by atoms with van der Waals surface area (Å²) in [5.41, 5.74) is 0.835. The van der Waals surface area contributed by atoms with Gasteiger partial charge in [0.1, 0.15) is 11.5 Å². The summed E-state index contributed by atoms with van der Waals surface area (Å²) in [6.07, 6.45) is 6.73. The van der Waals surface area contributed by atoms with E-state index in [1.165, 1.54) is 18.4 Å². The van der Waals surface area contributed by atoms with Gasteiger partial charge < -0.3 is 24.1 Å². The molecule has 1 N–H and O–H groups in total. The van der Waals surface area contributed by atoms with Crippen LogP contribution in [0.3, 0.4) is 0 Å². The molecule has 7 heteroatoms. The predicted octanol–water partition coefficient (Wildman–Crippen LogP) is 4.14. The maximum atomic E-state index is 13.1. The number of aliphatic hydroxyl groups is 1. The summed E-state index contributed by atoms with van der Waals surface area (Å²) in [4.78, 5) is 30.1. The minimum atomic E-state index is -0.665. The third kappa shape index (κ3) is 5.20. The van der Waals surface area contributed by atoms with Gasteiger partial charge in [0.25, 0.3) is 5.91 Å². The molecule has 0 saturated carbocycles. The Balaban J connectivity index is 1.63. The Hall–Kier alpha value is -3.32. The molecule has 7 nitrogen and oxygen atoms in total. The van der Waals surface area contributed by atoms with E-state index in [1.807, 2.05) is 38.1 Å². The fourth-order valence-corrected chi connectivity index (χ4v) is 4.37. The molecule has 0 radical (unpaired) electrons. The van der Waals surface area contributed by atoms with Crippen LogP contribution in [0.2, 0.25) is 0 Å². The number of amides is 1. The summed E-state index contributed by atoms with van der Waals surface area (Å²) in [5, 5.41) is 10.7. The lowest BCUT2D eigenvalue weighted by molar-refractivity contribution is -0.129. The molecular formula is C26H30N2O5. The predicted molar refractivity (Wildman–Crippen MR) is 125 cm³/mol. The van der Waals surface area contributed by atoms with Crippen LogP contribution in [0.15, 0.2) is 64.5 Å². The van der Waals surface area contributed by atoms with Gasteiger partial charge in [-0.3, -0.25) is 9.59 Å². The highest BCUT2D eigenvalue weighted by Gasteiger charge is 2.42. The van der Waals surface area contributed by atoms with Gasteiger partial charge >= 0.3 is 0 Å². The van der Waals surface area contributed by atoms with Gasteiger partial charge in [-0.25, -0.2) is 0 Å². The molecule has 3 heterocycles. The van der Waals surface area contributed by atoms with Crippen LogP contribution in [0.5, 0.6) is 5.75 Å². The van der Waals surface area contributed by atoms with Crippen LogP contribution in [0.25, 0.3) is 6.08 Å². The summed E-state index contributed by atoms with van der Waals surface area (Å²) in [6.45, 7) is 7.04. The molecule has 0 spiro atoms. The smallest absolute Gasteiger partial charge is 0.290 e. The van der Waals surface area contributed by atoms with Crippen molar-refractivity contribution in [2.24, 2.45) is 0 Å². The van der Waals surface area contributed by atoms with Crippen LogP contribution in [0.1, 0.15) is 44.1 Å². The zero-order valence-electron chi connectivity index (χ0n) is 19.1. The summed E-state index contributed by atoms with van der Waals surface area (Å²) in [6, 6.07) is 10.1. The van der Waals surface area contributed by atoms with Gasteiger partial charge in [0.05, 0.1) is 24.0 Å². The fourth-order valence-electron chi connectivity index (χ4n) is 4.37. The van der Waals surface area contributed by atoms with E-state index in [-0.39, 0.29) is 11.7 Å². The van der Waals surface area contributed by atoms with Gasteiger partial charge in [-0.05, 0) is 81.8 Å². The number of ether oxygens (including phenoxy) is 1. The van der Waals surface area contributed by atoms with Crippen molar-refractivity contribution in [2.45, 2.75) is 38.8 Å². The van der Waals surface area contributed by atoms with Crippen LogP contribution in [-0.4, -0.2) is 58.9 Å². The highest BCUT2D eigenvalue weighted by Crippen LogP contribution is 2.38. The van der Waals surface area contributed by atoms with Gasteiger partial charge in [0, 0.05) is 13.1 Å². The molecule has 33 heavy (non-hydrogen) atoms. The zero-order valence-corrected chi connectivity index (χ0v) is 19.1. The Bertz CT molecular complexity index is 1030. The monoisotopic (exact) mass is 450 g/mol. The van der Waals surface area contributed by atoms with Crippen molar-refractivity contribution in [3.8, 4) is 5.75 Å².